The Hall–Kier alpha value is -1.63. The first-order valence-corrected chi connectivity index (χ1v) is 8.55. The third-order valence-corrected chi connectivity index (χ3v) is 3.89. The number of anilines is 1. The van der Waals surface area contributed by atoms with Crippen molar-refractivity contribution in [1.29, 1.82) is 0 Å². The Morgan fingerprint density at radius 1 is 1.00 bits per heavy atom. The molecule has 1 aromatic carbocycles. The van der Waals surface area contributed by atoms with Gasteiger partial charge in [0.2, 0.25) is 0 Å². The number of benzene rings is 1. The van der Waals surface area contributed by atoms with Crippen molar-refractivity contribution >= 4 is 17.1 Å². The van der Waals surface area contributed by atoms with Crippen LogP contribution in [0.4, 0.5) is 6.01 Å². The van der Waals surface area contributed by atoms with Crippen LogP contribution >= 0.6 is 0 Å². The second kappa shape index (κ2) is 9.01. The van der Waals surface area contributed by atoms with Crippen molar-refractivity contribution in [3.05, 3.63) is 23.8 Å². The summed E-state index contributed by atoms with van der Waals surface area (Å²) >= 11 is 0. The molecule has 0 aliphatic carbocycles. The molecular formula is C18H31N5O. The predicted molar refractivity (Wildman–Crippen MR) is 101 cm³/mol. The number of oxazole rings is 1. The fraction of sp³-hybridized carbons (Fsp3) is 0.611. The van der Waals surface area contributed by atoms with Gasteiger partial charge in [-0.25, -0.2) is 0 Å². The maximum absolute atomic E-state index is 5.83. The third kappa shape index (κ3) is 6.11. The van der Waals surface area contributed by atoms with Crippen molar-refractivity contribution in [2.45, 2.75) is 13.0 Å². The fourth-order valence-electron chi connectivity index (χ4n) is 2.50. The molecule has 0 saturated carbocycles. The van der Waals surface area contributed by atoms with E-state index in [1.807, 2.05) is 6.07 Å². The standard InChI is InChI=1S/C18H31N5O/c1-21(2)10-6-9-19-18-20-16-8-7-15(13-17(16)24-18)14-23(5)12-11-22(3)4/h7-8,13H,6,9-12,14H2,1-5H3,(H,19,20). The van der Waals surface area contributed by atoms with Crippen molar-refractivity contribution in [2.75, 3.05) is 66.7 Å². The molecule has 0 bridgehead atoms. The average Bonchev–Trinajstić information content (AvgIpc) is 2.91. The largest absolute Gasteiger partial charge is 0.424 e. The zero-order chi connectivity index (χ0) is 17.5. The van der Waals surface area contributed by atoms with Gasteiger partial charge >= 0.3 is 0 Å². The number of nitrogens with zero attached hydrogens (tertiary/aromatic N) is 4. The summed E-state index contributed by atoms with van der Waals surface area (Å²) in [7, 11) is 10.5. The molecule has 2 rings (SSSR count). The van der Waals surface area contributed by atoms with Gasteiger partial charge < -0.3 is 24.4 Å². The van der Waals surface area contributed by atoms with E-state index in [9.17, 15) is 0 Å². The summed E-state index contributed by atoms with van der Waals surface area (Å²) in [4.78, 5) is 11.2. The van der Waals surface area contributed by atoms with Crippen molar-refractivity contribution in [3.63, 3.8) is 0 Å². The van der Waals surface area contributed by atoms with Gasteiger partial charge in [-0.2, -0.15) is 4.98 Å². The van der Waals surface area contributed by atoms with Crippen LogP contribution in [0.5, 0.6) is 0 Å². The molecule has 0 aliphatic rings. The Morgan fingerprint density at radius 2 is 1.75 bits per heavy atom. The molecule has 1 aromatic heterocycles. The molecule has 0 unspecified atom stereocenters. The Labute approximate surface area is 145 Å². The van der Waals surface area contributed by atoms with Crippen molar-refractivity contribution in [2.24, 2.45) is 0 Å². The molecule has 0 radical (unpaired) electrons. The molecule has 0 saturated heterocycles. The van der Waals surface area contributed by atoms with Crippen molar-refractivity contribution in [1.82, 2.24) is 19.7 Å². The minimum Gasteiger partial charge on any atom is -0.424 e. The van der Waals surface area contributed by atoms with Gasteiger partial charge in [-0.05, 0) is 65.9 Å². The van der Waals surface area contributed by atoms with E-state index >= 15 is 0 Å². The number of rotatable bonds is 10. The van der Waals surface area contributed by atoms with Crippen LogP contribution in [0.3, 0.4) is 0 Å². The summed E-state index contributed by atoms with van der Waals surface area (Å²) in [6.07, 6.45) is 1.06. The van der Waals surface area contributed by atoms with Gasteiger partial charge in [0.15, 0.2) is 5.58 Å². The van der Waals surface area contributed by atoms with Gasteiger partial charge in [0, 0.05) is 26.2 Å². The summed E-state index contributed by atoms with van der Waals surface area (Å²) < 4.78 is 5.83. The van der Waals surface area contributed by atoms with E-state index in [2.05, 4.69) is 72.4 Å². The van der Waals surface area contributed by atoms with Crippen LogP contribution in [-0.4, -0.2) is 81.1 Å². The van der Waals surface area contributed by atoms with Crippen LogP contribution in [0.15, 0.2) is 22.6 Å². The van der Waals surface area contributed by atoms with Gasteiger partial charge in [0.05, 0.1) is 0 Å². The molecule has 6 heteroatoms. The molecule has 1 N–H and O–H groups in total. The quantitative estimate of drug-likeness (QED) is 0.673. The average molecular weight is 333 g/mol. The number of aromatic nitrogens is 1. The SMILES string of the molecule is CN(C)CCCNc1nc2ccc(CN(C)CCN(C)C)cc2o1. The van der Waals surface area contributed by atoms with E-state index in [0.717, 1.165) is 50.2 Å². The minimum absolute atomic E-state index is 0.613. The molecular weight excluding hydrogens is 302 g/mol. The van der Waals surface area contributed by atoms with E-state index in [0.29, 0.717) is 6.01 Å². The maximum atomic E-state index is 5.83. The molecule has 134 valence electrons. The number of fused-ring (bicyclic) bond motifs is 1. The van der Waals surface area contributed by atoms with Crippen LogP contribution in [-0.2, 0) is 6.54 Å². The summed E-state index contributed by atoms with van der Waals surface area (Å²) in [6.45, 7) is 4.93. The van der Waals surface area contributed by atoms with Crippen molar-refractivity contribution < 1.29 is 4.42 Å². The summed E-state index contributed by atoms with van der Waals surface area (Å²) in [6, 6.07) is 6.88. The highest BCUT2D eigenvalue weighted by Gasteiger charge is 2.08. The molecule has 0 atom stereocenters. The van der Waals surface area contributed by atoms with Crippen LogP contribution in [0.25, 0.3) is 11.1 Å². The highest BCUT2D eigenvalue weighted by Crippen LogP contribution is 2.20. The Morgan fingerprint density at radius 3 is 2.46 bits per heavy atom. The first-order chi connectivity index (χ1) is 11.4. The summed E-state index contributed by atoms with van der Waals surface area (Å²) in [5.74, 6) is 0. The first-order valence-electron chi connectivity index (χ1n) is 8.55. The number of hydrogen-bond donors (Lipinski definition) is 1. The lowest BCUT2D eigenvalue weighted by Gasteiger charge is -2.19. The second-order valence-corrected chi connectivity index (χ2v) is 6.95. The smallest absolute Gasteiger partial charge is 0.295 e. The predicted octanol–water partition coefficient (Wildman–Crippen LogP) is 2.18. The van der Waals surface area contributed by atoms with Crippen LogP contribution in [0.1, 0.15) is 12.0 Å². The summed E-state index contributed by atoms with van der Waals surface area (Å²) in [5, 5.41) is 3.26. The Kier molecular flexibility index (Phi) is 7.02. The molecule has 0 amide bonds. The summed E-state index contributed by atoms with van der Waals surface area (Å²) in [5.41, 5.74) is 3.01. The van der Waals surface area contributed by atoms with Crippen LogP contribution in [0.2, 0.25) is 0 Å². The normalized spacial score (nSPS) is 12.0. The lowest BCUT2D eigenvalue weighted by Crippen LogP contribution is -2.28. The maximum Gasteiger partial charge on any atom is 0.295 e. The molecule has 0 spiro atoms. The minimum atomic E-state index is 0.613. The Bertz CT molecular complexity index is 623. The number of nitrogens with one attached hydrogen (secondary N) is 1. The zero-order valence-corrected chi connectivity index (χ0v) is 15.7. The van der Waals surface area contributed by atoms with E-state index in [1.165, 1.54) is 5.56 Å². The topological polar surface area (TPSA) is 47.8 Å². The molecule has 0 fully saturated rings. The lowest BCUT2D eigenvalue weighted by molar-refractivity contribution is 0.276. The molecule has 1 heterocycles. The molecule has 6 nitrogen and oxygen atoms in total. The molecule has 24 heavy (non-hydrogen) atoms. The van der Waals surface area contributed by atoms with Gasteiger partial charge in [-0.1, -0.05) is 6.07 Å². The second-order valence-electron chi connectivity index (χ2n) is 6.95. The van der Waals surface area contributed by atoms with Gasteiger partial charge in [0.1, 0.15) is 5.52 Å². The fourth-order valence-corrected chi connectivity index (χ4v) is 2.50. The highest BCUT2D eigenvalue weighted by atomic mass is 16.4. The van der Waals surface area contributed by atoms with Crippen LogP contribution in [0, 0.1) is 0 Å². The van der Waals surface area contributed by atoms with Crippen molar-refractivity contribution in [3.8, 4) is 0 Å². The Balaban J connectivity index is 1.90. The first kappa shape index (κ1) is 18.7. The van der Waals surface area contributed by atoms with Gasteiger partial charge in [-0.3, -0.25) is 0 Å². The van der Waals surface area contributed by atoms with E-state index in [4.69, 9.17) is 4.42 Å². The molecule has 2 aromatic rings. The van der Waals surface area contributed by atoms with Gasteiger partial charge in [0.25, 0.3) is 6.01 Å². The zero-order valence-electron chi connectivity index (χ0n) is 15.7. The third-order valence-electron chi connectivity index (χ3n) is 3.89. The monoisotopic (exact) mass is 333 g/mol. The van der Waals surface area contributed by atoms with E-state index in [-0.39, 0.29) is 0 Å². The van der Waals surface area contributed by atoms with Crippen LogP contribution < -0.4 is 5.32 Å². The number of hydrogen-bond acceptors (Lipinski definition) is 6. The number of likely N-dealkylation sites (N-methyl/N-ethyl adjacent to an activating group) is 2. The van der Waals surface area contributed by atoms with E-state index < -0.39 is 0 Å². The highest BCUT2D eigenvalue weighted by molar-refractivity contribution is 5.75. The molecule has 0 aliphatic heterocycles. The lowest BCUT2D eigenvalue weighted by atomic mass is 10.2. The van der Waals surface area contributed by atoms with E-state index in [1.54, 1.807) is 0 Å². The van der Waals surface area contributed by atoms with Gasteiger partial charge in [-0.15, -0.1) is 0 Å².